The van der Waals surface area contributed by atoms with Crippen molar-refractivity contribution in [3.8, 4) is 0 Å². The van der Waals surface area contributed by atoms with Gasteiger partial charge in [-0.3, -0.25) is 9.59 Å². The molecule has 2 aromatic rings. The third-order valence-corrected chi connectivity index (χ3v) is 6.74. The van der Waals surface area contributed by atoms with Crippen LogP contribution >= 0.6 is 0 Å². The Bertz CT molecular complexity index is 1090. The van der Waals surface area contributed by atoms with Crippen molar-refractivity contribution in [2.75, 3.05) is 6.54 Å². The molecule has 0 fully saturated rings. The number of carbonyl (C=O) groups excluding carboxylic acids is 3. The molecule has 0 aliphatic carbocycles. The van der Waals surface area contributed by atoms with E-state index in [1.807, 2.05) is 62.4 Å². The number of ether oxygens (including phenoxy) is 1. The highest BCUT2D eigenvalue weighted by Crippen LogP contribution is 2.27. The molecule has 0 heterocycles. The number of nitrogens with one attached hydrogen (secondary N) is 2. The van der Waals surface area contributed by atoms with Crippen molar-refractivity contribution in [2.24, 2.45) is 0 Å². The summed E-state index contributed by atoms with van der Waals surface area (Å²) in [5.74, 6) is -0.568. The fraction of sp³-hybridized carbons (Fsp3) is 0.545. The molecule has 0 aromatic heterocycles. The lowest BCUT2D eigenvalue weighted by molar-refractivity contribution is -0.142. The van der Waals surface area contributed by atoms with Crippen molar-refractivity contribution in [3.63, 3.8) is 0 Å². The van der Waals surface area contributed by atoms with Crippen molar-refractivity contribution in [1.29, 1.82) is 0 Å². The number of aryl methyl sites for hydroxylation is 2. The number of hydrogen-bond donors (Lipinski definition) is 2. The lowest BCUT2D eigenvalue weighted by atomic mass is 9.95. The SMILES string of the molecule is CCCCCCCCN(C(=O)C(C)NC(=O)OC(C)(C)C)C(C(=O)NCc1ccccc1)c1cc(C)ccc1C. The van der Waals surface area contributed by atoms with Crippen LogP contribution in [0.5, 0.6) is 0 Å². The maximum atomic E-state index is 14.0. The van der Waals surface area contributed by atoms with Crippen LogP contribution in [0.25, 0.3) is 0 Å². The van der Waals surface area contributed by atoms with E-state index in [-0.39, 0.29) is 11.8 Å². The molecule has 0 saturated carbocycles. The first-order chi connectivity index (χ1) is 18.9. The summed E-state index contributed by atoms with van der Waals surface area (Å²) in [5, 5.41) is 5.74. The van der Waals surface area contributed by atoms with Crippen molar-refractivity contribution in [2.45, 2.75) is 111 Å². The minimum atomic E-state index is -0.871. The second-order valence-corrected chi connectivity index (χ2v) is 11.6. The lowest BCUT2D eigenvalue weighted by Gasteiger charge is -2.34. The fourth-order valence-electron chi connectivity index (χ4n) is 4.61. The second kappa shape index (κ2) is 16.0. The van der Waals surface area contributed by atoms with E-state index in [9.17, 15) is 14.4 Å². The highest BCUT2D eigenvalue weighted by molar-refractivity contribution is 5.92. The molecule has 0 aliphatic rings. The summed E-state index contributed by atoms with van der Waals surface area (Å²) < 4.78 is 5.39. The molecule has 2 rings (SSSR count). The molecule has 3 amide bonds. The lowest BCUT2D eigenvalue weighted by Crippen LogP contribution is -2.52. The standard InChI is InChI=1S/C33H49N3O4/c1-8-9-10-11-12-16-21-36(31(38)26(4)35-32(39)40-33(5,6)7)29(28-22-24(2)19-20-25(28)3)30(37)34-23-27-17-14-13-15-18-27/h13-15,17-20,22,26,29H,8-12,16,21,23H2,1-7H3,(H,34,37)(H,35,39). The van der Waals surface area contributed by atoms with Gasteiger partial charge in [-0.2, -0.15) is 0 Å². The van der Waals surface area contributed by atoms with E-state index in [2.05, 4.69) is 17.6 Å². The Kier molecular flexibility index (Phi) is 13.2. The molecule has 2 unspecified atom stereocenters. The minimum absolute atomic E-state index is 0.249. The smallest absolute Gasteiger partial charge is 0.408 e. The fourth-order valence-corrected chi connectivity index (χ4v) is 4.61. The summed E-state index contributed by atoms with van der Waals surface area (Å²) >= 11 is 0. The van der Waals surface area contributed by atoms with Crippen molar-refractivity contribution in [3.05, 3.63) is 70.8 Å². The molecule has 0 aliphatic heterocycles. The molecular weight excluding hydrogens is 502 g/mol. The van der Waals surface area contributed by atoms with Crippen LogP contribution in [0, 0.1) is 13.8 Å². The van der Waals surface area contributed by atoms with Crippen LogP contribution in [0.2, 0.25) is 0 Å². The van der Waals surface area contributed by atoms with E-state index < -0.39 is 23.8 Å². The van der Waals surface area contributed by atoms with Gasteiger partial charge in [0, 0.05) is 13.1 Å². The predicted molar refractivity (Wildman–Crippen MR) is 161 cm³/mol. The van der Waals surface area contributed by atoms with E-state index in [4.69, 9.17) is 4.74 Å². The van der Waals surface area contributed by atoms with Crippen LogP contribution in [0.15, 0.2) is 48.5 Å². The Morgan fingerprint density at radius 3 is 2.23 bits per heavy atom. The summed E-state index contributed by atoms with van der Waals surface area (Å²) in [6, 6.07) is 14.0. The van der Waals surface area contributed by atoms with Crippen LogP contribution in [-0.4, -0.2) is 41.0 Å². The predicted octanol–water partition coefficient (Wildman–Crippen LogP) is 6.76. The average Bonchev–Trinajstić information content (AvgIpc) is 2.89. The third-order valence-electron chi connectivity index (χ3n) is 6.74. The molecule has 2 aromatic carbocycles. The largest absolute Gasteiger partial charge is 0.444 e. The first kappa shape index (κ1) is 32.9. The molecule has 0 radical (unpaired) electrons. The quantitative estimate of drug-likeness (QED) is 0.254. The van der Waals surface area contributed by atoms with E-state index in [0.29, 0.717) is 13.1 Å². The van der Waals surface area contributed by atoms with Crippen molar-refractivity contribution >= 4 is 17.9 Å². The van der Waals surface area contributed by atoms with Gasteiger partial charge in [0.25, 0.3) is 0 Å². The van der Waals surface area contributed by atoms with Gasteiger partial charge in [-0.05, 0) is 64.7 Å². The number of carbonyl (C=O) groups is 3. The Labute approximate surface area is 241 Å². The van der Waals surface area contributed by atoms with Gasteiger partial charge in [-0.15, -0.1) is 0 Å². The Hall–Kier alpha value is -3.35. The van der Waals surface area contributed by atoms with Gasteiger partial charge in [-0.1, -0.05) is 93.1 Å². The van der Waals surface area contributed by atoms with Gasteiger partial charge in [0.05, 0.1) is 0 Å². The van der Waals surface area contributed by atoms with Crippen molar-refractivity contribution in [1.82, 2.24) is 15.5 Å². The average molecular weight is 552 g/mol. The molecule has 0 bridgehead atoms. The van der Waals surface area contributed by atoms with Gasteiger partial charge in [0.1, 0.15) is 17.7 Å². The van der Waals surface area contributed by atoms with E-state index >= 15 is 0 Å². The monoisotopic (exact) mass is 551 g/mol. The summed E-state index contributed by atoms with van der Waals surface area (Å²) in [7, 11) is 0. The molecule has 7 nitrogen and oxygen atoms in total. The molecule has 2 atom stereocenters. The maximum absolute atomic E-state index is 14.0. The molecule has 0 spiro atoms. The Morgan fingerprint density at radius 1 is 0.925 bits per heavy atom. The normalized spacial score (nSPS) is 12.8. The molecule has 40 heavy (non-hydrogen) atoms. The third kappa shape index (κ3) is 11.0. The number of nitrogens with zero attached hydrogens (tertiary/aromatic N) is 1. The summed E-state index contributed by atoms with van der Waals surface area (Å²) in [4.78, 5) is 42.0. The topological polar surface area (TPSA) is 87.7 Å². The minimum Gasteiger partial charge on any atom is -0.444 e. The number of amides is 3. The first-order valence-electron chi connectivity index (χ1n) is 14.6. The zero-order valence-electron chi connectivity index (χ0n) is 25.5. The zero-order chi connectivity index (χ0) is 29.7. The van der Waals surface area contributed by atoms with Crippen LogP contribution in [0.1, 0.15) is 101 Å². The highest BCUT2D eigenvalue weighted by atomic mass is 16.6. The summed E-state index contributed by atoms with van der Waals surface area (Å²) in [6.45, 7) is 13.8. The Morgan fingerprint density at radius 2 is 1.57 bits per heavy atom. The molecule has 220 valence electrons. The van der Waals surface area contributed by atoms with Crippen LogP contribution in [0.4, 0.5) is 4.79 Å². The summed E-state index contributed by atoms with van der Waals surface area (Å²) in [6.07, 6.45) is 5.64. The number of benzene rings is 2. The molecular formula is C33H49N3O4. The molecule has 0 saturated heterocycles. The van der Waals surface area contributed by atoms with Crippen LogP contribution in [-0.2, 0) is 20.9 Å². The highest BCUT2D eigenvalue weighted by Gasteiger charge is 2.35. The number of unbranched alkanes of at least 4 members (excludes halogenated alkanes) is 5. The van der Waals surface area contributed by atoms with Gasteiger partial charge in [-0.25, -0.2) is 4.79 Å². The zero-order valence-corrected chi connectivity index (χ0v) is 25.5. The van der Waals surface area contributed by atoms with Crippen LogP contribution < -0.4 is 10.6 Å². The van der Waals surface area contributed by atoms with Gasteiger partial charge in [0.15, 0.2) is 0 Å². The van der Waals surface area contributed by atoms with E-state index in [1.165, 1.54) is 6.42 Å². The maximum Gasteiger partial charge on any atom is 0.408 e. The van der Waals surface area contributed by atoms with Crippen molar-refractivity contribution < 1.29 is 19.1 Å². The number of hydrogen-bond acceptors (Lipinski definition) is 4. The van der Waals surface area contributed by atoms with E-state index in [1.54, 1.807) is 32.6 Å². The van der Waals surface area contributed by atoms with E-state index in [0.717, 1.165) is 54.4 Å². The number of rotatable bonds is 14. The van der Waals surface area contributed by atoms with Crippen LogP contribution in [0.3, 0.4) is 0 Å². The molecule has 7 heteroatoms. The Balaban J connectivity index is 2.39. The number of alkyl carbamates (subject to hydrolysis) is 1. The van der Waals surface area contributed by atoms with Gasteiger partial charge < -0.3 is 20.3 Å². The van der Waals surface area contributed by atoms with Gasteiger partial charge >= 0.3 is 6.09 Å². The van der Waals surface area contributed by atoms with Gasteiger partial charge in [0.2, 0.25) is 11.8 Å². The summed E-state index contributed by atoms with van der Waals surface area (Å²) in [5.41, 5.74) is 3.01. The first-order valence-corrected chi connectivity index (χ1v) is 14.6. The second-order valence-electron chi connectivity index (χ2n) is 11.6. The molecule has 2 N–H and O–H groups in total.